The molecule has 0 aromatic heterocycles. The molecule has 3 aliphatic rings. The number of benzene rings is 1. The highest BCUT2D eigenvalue weighted by Crippen LogP contribution is 2.43. The summed E-state index contributed by atoms with van der Waals surface area (Å²) < 4.78 is 42.0. The van der Waals surface area contributed by atoms with Crippen LogP contribution in [0.1, 0.15) is 106 Å². The van der Waals surface area contributed by atoms with Gasteiger partial charge in [0, 0.05) is 39.9 Å². The van der Waals surface area contributed by atoms with Gasteiger partial charge in [0.25, 0.3) is 0 Å². The van der Waals surface area contributed by atoms with Crippen molar-refractivity contribution < 1.29 is 46.6 Å². The third-order valence-corrected chi connectivity index (χ3v) is 13.9. The molecule has 0 spiro atoms. The van der Waals surface area contributed by atoms with Gasteiger partial charge in [-0.25, -0.2) is 18.4 Å². The van der Waals surface area contributed by atoms with Crippen molar-refractivity contribution in [3.63, 3.8) is 0 Å². The van der Waals surface area contributed by atoms with Crippen LogP contribution in [0.2, 0.25) is 0 Å². The van der Waals surface area contributed by atoms with E-state index in [9.17, 15) is 32.4 Å². The topological polar surface area (TPSA) is 207 Å². The molecule has 4 rings (SSSR count). The molecule has 2 heterocycles. The van der Waals surface area contributed by atoms with Gasteiger partial charge in [-0.05, 0) is 82.6 Å². The Kier molecular flexibility index (Phi) is 17.8. The Morgan fingerprint density at radius 2 is 1.63 bits per heavy atom. The highest BCUT2D eigenvalue weighted by Gasteiger charge is 2.53. The van der Waals surface area contributed by atoms with E-state index in [0.29, 0.717) is 32.2 Å². The first-order chi connectivity index (χ1) is 29.0. The summed E-state index contributed by atoms with van der Waals surface area (Å²) in [7, 11) is 0.781. The Balaban J connectivity index is 1.49. The molecule has 3 unspecified atom stereocenters. The molecule has 1 aromatic rings. The molecule has 2 aliphatic heterocycles. The summed E-state index contributed by atoms with van der Waals surface area (Å²) in [5.41, 5.74) is 0.110. The van der Waals surface area contributed by atoms with E-state index in [1.54, 1.807) is 49.4 Å². The lowest BCUT2D eigenvalue weighted by molar-refractivity contribution is -0.148. The fraction of sp³-hybridized carbons (Fsp3) is 0.756. The zero-order valence-corrected chi connectivity index (χ0v) is 39.6. The van der Waals surface area contributed by atoms with Crippen LogP contribution < -0.4 is 15.8 Å². The lowest BCUT2D eigenvalue weighted by atomic mass is 9.89. The minimum Gasteiger partial charge on any atom is -0.444 e. The molecule has 2 bridgehead atoms. The van der Waals surface area contributed by atoms with Gasteiger partial charge in [0.05, 0.1) is 42.4 Å². The van der Waals surface area contributed by atoms with Gasteiger partial charge >= 0.3 is 6.09 Å². The molecular weight excluding hydrogens is 817 g/mol. The van der Waals surface area contributed by atoms with Gasteiger partial charge in [0.1, 0.15) is 17.7 Å². The number of fused-ring (bicyclic) bond motifs is 2. The van der Waals surface area contributed by atoms with Crippen molar-refractivity contribution in [2.24, 2.45) is 28.8 Å². The maximum absolute atomic E-state index is 14.6. The molecule has 0 radical (unpaired) electrons. The average molecular weight is 891 g/mol. The summed E-state index contributed by atoms with van der Waals surface area (Å²) in [5, 5.41) is 11.3. The number of carbonyl (C=O) groups is 5. The molecule has 1 aliphatic carbocycles. The second kappa shape index (κ2) is 21.7. The number of primary sulfonamides is 1. The molecule has 3 fully saturated rings. The van der Waals surface area contributed by atoms with Gasteiger partial charge in [0.15, 0.2) is 0 Å². The van der Waals surface area contributed by atoms with Crippen LogP contribution in [-0.2, 0) is 49.8 Å². The van der Waals surface area contributed by atoms with E-state index in [0.717, 1.165) is 18.4 Å². The first-order valence-electron chi connectivity index (χ1n) is 22.3. The Morgan fingerprint density at radius 1 is 0.968 bits per heavy atom. The largest absolute Gasteiger partial charge is 0.444 e. The number of nitrogens with one attached hydrogen (secondary N) is 2. The lowest BCUT2D eigenvalue weighted by Crippen LogP contribution is -2.61. The van der Waals surface area contributed by atoms with Crippen molar-refractivity contribution in [1.29, 1.82) is 0 Å². The van der Waals surface area contributed by atoms with Crippen LogP contribution in [0.4, 0.5) is 4.79 Å². The number of amides is 5. The highest BCUT2D eigenvalue weighted by molar-refractivity contribution is 7.89. The summed E-state index contributed by atoms with van der Waals surface area (Å²) >= 11 is 0. The number of likely N-dealkylation sites (tertiary alicyclic amines) is 2. The number of sulfonamides is 1. The molecule has 5 amide bonds. The maximum atomic E-state index is 14.6. The molecule has 2 saturated heterocycles. The maximum Gasteiger partial charge on any atom is 0.411 e. The fourth-order valence-corrected chi connectivity index (χ4v) is 10.6. The predicted octanol–water partition coefficient (Wildman–Crippen LogP) is 3.85. The number of ether oxygens (including phenoxy) is 3. The zero-order chi connectivity index (χ0) is 46.3. The average Bonchev–Trinajstić information content (AvgIpc) is 3.96. The number of piperidine rings is 1. The summed E-state index contributed by atoms with van der Waals surface area (Å²) in [4.78, 5) is 75.0. The van der Waals surface area contributed by atoms with Gasteiger partial charge in [-0.1, -0.05) is 71.4 Å². The SMILES string of the molecule is CC[C@H](C)[C@@H]([C@H](CC(=O)N1CCC[C@H]1[C@H](OC)[C@@H](C)C(=O)N[C@@H](Cc1ccccc1)CS(N)(=O)=O)OC)N(C)C(=O)[C@@H](NC(=O)C1C2CCC(C2)N1C(=O)OC(C)(C)C)C(C)C. The number of hydrogen-bond acceptors (Lipinski definition) is 10. The minimum atomic E-state index is -3.92. The molecule has 1 aromatic carbocycles. The number of likely N-dealkylation sites (N-methyl/N-ethyl adjacent to an activating group) is 1. The number of rotatable bonds is 20. The quantitative estimate of drug-likeness (QED) is 0.172. The van der Waals surface area contributed by atoms with Crippen LogP contribution in [0.15, 0.2) is 30.3 Å². The minimum absolute atomic E-state index is 0.0269. The Hall–Kier alpha value is -3.80. The van der Waals surface area contributed by atoms with E-state index < -0.39 is 81.7 Å². The Morgan fingerprint density at radius 3 is 2.19 bits per heavy atom. The van der Waals surface area contributed by atoms with E-state index in [1.807, 2.05) is 58.0 Å². The number of nitrogens with two attached hydrogens (primary N) is 1. The van der Waals surface area contributed by atoms with Crippen molar-refractivity contribution in [3.8, 4) is 0 Å². The lowest BCUT2D eigenvalue weighted by Gasteiger charge is -2.41. The van der Waals surface area contributed by atoms with Crippen molar-refractivity contribution in [1.82, 2.24) is 25.3 Å². The number of methoxy groups -OCH3 is 2. The third-order valence-electron chi connectivity index (χ3n) is 13.1. The molecule has 11 atom stereocenters. The summed E-state index contributed by atoms with van der Waals surface area (Å²) in [5.74, 6) is -2.98. The van der Waals surface area contributed by atoms with Crippen molar-refractivity contribution in [2.75, 3.05) is 33.6 Å². The van der Waals surface area contributed by atoms with Gasteiger partial charge in [0.2, 0.25) is 33.7 Å². The second-order valence-corrected chi connectivity index (χ2v) is 20.8. The van der Waals surface area contributed by atoms with Gasteiger partial charge in [-0.3, -0.25) is 24.1 Å². The standard InChI is InChI=1S/C45H74N6O10S/c1-12-28(4)38(49(9)43(55)37(27(2)3)48-42(54)39-31-20-21-33(24-31)51(39)44(56)61-45(6,7)8)35(59-10)25-36(52)50-22-16-19-34(50)40(60-11)29(5)41(53)47-32(26-62(46,57)58)23-30-17-14-13-15-18-30/h13-15,17-18,27-29,31-35,37-40H,12,16,19-26H2,1-11H3,(H,47,53)(H,48,54)(H2,46,57,58)/t28-,29+,31?,32-,33?,34-,35-,37-,38-,39?,40+/m0/s1. The summed E-state index contributed by atoms with van der Waals surface area (Å²) in [6.45, 7) is 15.3. The van der Waals surface area contributed by atoms with Crippen LogP contribution in [0.3, 0.4) is 0 Å². The molecule has 17 heteroatoms. The first kappa shape index (κ1) is 50.8. The number of nitrogens with zero attached hydrogens (tertiary/aromatic N) is 3. The van der Waals surface area contributed by atoms with E-state index in [4.69, 9.17) is 19.3 Å². The molecule has 16 nitrogen and oxygen atoms in total. The van der Waals surface area contributed by atoms with E-state index in [2.05, 4.69) is 10.6 Å². The fourth-order valence-electron chi connectivity index (χ4n) is 9.84. The summed E-state index contributed by atoms with van der Waals surface area (Å²) in [6, 6.07) is 5.68. The molecule has 1 saturated carbocycles. The van der Waals surface area contributed by atoms with Crippen molar-refractivity contribution >= 4 is 39.7 Å². The first-order valence-corrected chi connectivity index (χ1v) is 24.0. The third kappa shape index (κ3) is 12.9. The van der Waals surface area contributed by atoms with E-state index in [1.165, 1.54) is 14.2 Å². The van der Waals surface area contributed by atoms with E-state index in [-0.39, 0.29) is 54.4 Å². The van der Waals surface area contributed by atoms with Gasteiger partial charge in [-0.2, -0.15) is 0 Å². The zero-order valence-electron chi connectivity index (χ0n) is 38.8. The van der Waals surface area contributed by atoms with E-state index >= 15 is 0 Å². The monoisotopic (exact) mass is 891 g/mol. The Labute approximate surface area is 369 Å². The van der Waals surface area contributed by atoms with Crippen LogP contribution in [-0.4, -0.2) is 140 Å². The molecule has 350 valence electrons. The van der Waals surface area contributed by atoms with Crippen LogP contribution in [0, 0.1) is 23.7 Å². The number of carbonyl (C=O) groups excluding carboxylic acids is 5. The normalized spacial score (nSPS) is 23.6. The smallest absolute Gasteiger partial charge is 0.411 e. The summed E-state index contributed by atoms with van der Waals surface area (Å²) in [6.07, 6.45) is 2.51. The molecular formula is C45H74N6O10S. The van der Waals surface area contributed by atoms with Crippen molar-refractivity contribution in [3.05, 3.63) is 35.9 Å². The van der Waals surface area contributed by atoms with Crippen LogP contribution in [0.25, 0.3) is 0 Å². The van der Waals surface area contributed by atoms with Crippen LogP contribution >= 0.6 is 0 Å². The van der Waals surface area contributed by atoms with Gasteiger partial charge in [-0.15, -0.1) is 0 Å². The molecule has 62 heavy (non-hydrogen) atoms. The molecule has 4 N–H and O–H groups in total. The van der Waals surface area contributed by atoms with Crippen molar-refractivity contribution in [2.45, 2.75) is 161 Å². The predicted molar refractivity (Wildman–Crippen MR) is 236 cm³/mol. The van der Waals surface area contributed by atoms with Crippen LogP contribution in [0.5, 0.6) is 0 Å². The number of hydrogen-bond donors (Lipinski definition) is 3. The highest BCUT2D eigenvalue weighted by atomic mass is 32.2. The second-order valence-electron chi connectivity index (χ2n) is 19.1. The Bertz CT molecular complexity index is 1810. The van der Waals surface area contributed by atoms with Gasteiger partial charge < -0.3 is 34.6 Å².